The molecule has 0 unspecified atom stereocenters. The van der Waals surface area contributed by atoms with Crippen molar-refractivity contribution in [1.29, 1.82) is 0 Å². The van der Waals surface area contributed by atoms with Crippen molar-refractivity contribution in [2.24, 2.45) is 0 Å². The molecule has 3 heteroatoms. The number of anilines is 1. The third-order valence-corrected chi connectivity index (χ3v) is 2.90. The minimum Gasteiger partial charge on any atom is -0.369 e. The molecule has 2 nitrogen and oxygen atoms in total. The maximum atomic E-state index is 13.6. The van der Waals surface area contributed by atoms with Gasteiger partial charge in [-0.2, -0.15) is 0 Å². The smallest absolute Gasteiger partial charge is 0.128 e. The molecule has 82 valence electrons. The van der Waals surface area contributed by atoms with Gasteiger partial charge in [-0.05, 0) is 24.1 Å². The predicted molar refractivity (Wildman–Crippen MR) is 60.9 cm³/mol. The van der Waals surface area contributed by atoms with E-state index in [1.54, 1.807) is 6.07 Å². The molecule has 1 aromatic rings. The molecule has 1 N–H and O–H groups in total. The van der Waals surface area contributed by atoms with E-state index in [1.165, 1.54) is 0 Å². The first kappa shape index (κ1) is 10.4. The lowest BCUT2D eigenvalue weighted by molar-refractivity contribution is 0.582. The van der Waals surface area contributed by atoms with E-state index in [0.29, 0.717) is 0 Å². The van der Waals surface area contributed by atoms with Crippen molar-refractivity contribution in [3.8, 4) is 0 Å². The second kappa shape index (κ2) is 4.62. The molecule has 0 radical (unpaired) electrons. The lowest BCUT2D eigenvalue weighted by Gasteiger charge is -2.29. The highest BCUT2D eigenvalue weighted by Gasteiger charge is 2.11. The Morgan fingerprint density at radius 3 is 2.67 bits per heavy atom. The Balaban J connectivity index is 2.17. The van der Waals surface area contributed by atoms with Crippen molar-refractivity contribution in [3.05, 3.63) is 29.6 Å². The van der Waals surface area contributed by atoms with Gasteiger partial charge >= 0.3 is 0 Å². The maximum Gasteiger partial charge on any atom is 0.128 e. The number of halogens is 1. The number of nitrogens with zero attached hydrogens (tertiary/aromatic N) is 1. The van der Waals surface area contributed by atoms with E-state index >= 15 is 0 Å². The van der Waals surface area contributed by atoms with Gasteiger partial charge in [0, 0.05) is 31.9 Å². The van der Waals surface area contributed by atoms with Crippen molar-refractivity contribution in [2.75, 3.05) is 31.1 Å². The number of aryl methyl sites for hydroxylation is 1. The van der Waals surface area contributed by atoms with Crippen LogP contribution in [0.1, 0.15) is 12.5 Å². The van der Waals surface area contributed by atoms with Crippen LogP contribution in [0.15, 0.2) is 18.2 Å². The summed E-state index contributed by atoms with van der Waals surface area (Å²) < 4.78 is 13.6. The Kier molecular flexibility index (Phi) is 3.21. The zero-order chi connectivity index (χ0) is 10.7. The van der Waals surface area contributed by atoms with Crippen LogP contribution in [0.2, 0.25) is 0 Å². The van der Waals surface area contributed by atoms with Crippen LogP contribution in [0, 0.1) is 5.82 Å². The van der Waals surface area contributed by atoms with Crippen molar-refractivity contribution < 1.29 is 4.39 Å². The van der Waals surface area contributed by atoms with Gasteiger partial charge in [-0.15, -0.1) is 0 Å². The van der Waals surface area contributed by atoms with Crippen LogP contribution < -0.4 is 10.2 Å². The fraction of sp³-hybridized carbons (Fsp3) is 0.500. The van der Waals surface area contributed by atoms with Crippen LogP contribution in [-0.2, 0) is 6.42 Å². The minimum atomic E-state index is -0.0754. The molecule has 0 aromatic heterocycles. The highest BCUT2D eigenvalue weighted by Crippen LogP contribution is 2.19. The van der Waals surface area contributed by atoms with Crippen molar-refractivity contribution in [2.45, 2.75) is 13.3 Å². The first-order valence-corrected chi connectivity index (χ1v) is 5.55. The van der Waals surface area contributed by atoms with Gasteiger partial charge < -0.3 is 10.2 Å². The van der Waals surface area contributed by atoms with Crippen LogP contribution in [0.3, 0.4) is 0 Å². The number of piperazine rings is 1. The molecule has 1 aromatic carbocycles. The molecular formula is C12H17FN2. The van der Waals surface area contributed by atoms with E-state index in [9.17, 15) is 4.39 Å². The first-order valence-electron chi connectivity index (χ1n) is 5.55. The first-order chi connectivity index (χ1) is 7.31. The summed E-state index contributed by atoms with van der Waals surface area (Å²) >= 11 is 0. The summed E-state index contributed by atoms with van der Waals surface area (Å²) in [6, 6.07) is 5.57. The molecule has 2 rings (SSSR count). The normalized spacial score (nSPS) is 16.8. The largest absolute Gasteiger partial charge is 0.369 e. The van der Waals surface area contributed by atoms with Gasteiger partial charge in [-0.3, -0.25) is 0 Å². The Hall–Kier alpha value is -1.09. The highest BCUT2D eigenvalue weighted by molar-refractivity contribution is 5.48. The topological polar surface area (TPSA) is 15.3 Å². The molecule has 0 amide bonds. The molecule has 0 spiro atoms. The molecule has 0 aliphatic carbocycles. The molecule has 1 aliphatic heterocycles. The van der Waals surface area contributed by atoms with E-state index in [0.717, 1.165) is 43.9 Å². The number of benzene rings is 1. The van der Waals surface area contributed by atoms with Gasteiger partial charge in [0.2, 0.25) is 0 Å². The third kappa shape index (κ3) is 2.29. The SMILES string of the molecule is CCc1ccc(N2CCNCC2)cc1F. The monoisotopic (exact) mass is 208 g/mol. The van der Waals surface area contributed by atoms with E-state index in [1.807, 2.05) is 19.1 Å². The molecule has 1 aliphatic rings. The molecule has 15 heavy (non-hydrogen) atoms. The fourth-order valence-corrected chi connectivity index (χ4v) is 1.94. The van der Waals surface area contributed by atoms with Gasteiger partial charge in [-0.25, -0.2) is 4.39 Å². The molecule has 0 bridgehead atoms. The summed E-state index contributed by atoms with van der Waals surface area (Å²) in [7, 11) is 0. The minimum absolute atomic E-state index is 0.0754. The van der Waals surface area contributed by atoms with E-state index in [-0.39, 0.29) is 5.82 Å². The molecule has 0 atom stereocenters. The standard InChI is InChI=1S/C12H17FN2/c1-2-10-3-4-11(9-12(10)13)15-7-5-14-6-8-15/h3-4,9,14H,2,5-8H2,1H3. The molecular weight excluding hydrogens is 191 g/mol. The second-order valence-corrected chi connectivity index (χ2v) is 3.87. The fourth-order valence-electron chi connectivity index (χ4n) is 1.94. The Bertz CT molecular complexity index is 332. The van der Waals surface area contributed by atoms with Crippen molar-refractivity contribution >= 4 is 5.69 Å². The predicted octanol–water partition coefficient (Wildman–Crippen LogP) is 1.80. The van der Waals surface area contributed by atoms with E-state index in [2.05, 4.69) is 10.2 Å². The lowest BCUT2D eigenvalue weighted by Crippen LogP contribution is -2.43. The van der Waals surface area contributed by atoms with Crippen LogP contribution in [0.5, 0.6) is 0 Å². The van der Waals surface area contributed by atoms with Crippen molar-refractivity contribution in [3.63, 3.8) is 0 Å². The maximum absolute atomic E-state index is 13.6. The Labute approximate surface area is 90.1 Å². The summed E-state index contributed by atoms with van der Waals surface area (Å²) in [6.45, 7) is 5.87. The van der Waals surface area contributed by atoms with Gasteiger partial charge in [0.1, 0.15) is 5.82 Å². The molecule has 0 saturated carbocycles. The van der Waals surface area contributed by atoms with Crippen LogP contribution in [-0.4, -0.2) is 26.2 Å². The Morgan fingerprint density at radius 1 is 1.33 bits per heavy atom. The van der Waals surface area contributed by atoms with E-state index in [4.69, 9.17) is 0 Å². The van der Waals surface area contributed by atoms with Crippen LogP contribution >= 0.6 is 0 Å². The summed E-state index contributed by atoms with van der Waals surface area (Å²) in [5.41, 5.74) is 1.81. The average Bonchev–Trinajstić information content (AvgIpc) is 2.30. The molecule has 1 heterocycles. The number of rotatable bonds is 2. The summed E-state index contributed by atoms with van der Waals surface area (Å²) in [5, 5.41) is 3.29. The Morgan fingerprint density at radius 2 is 2.07 bits per heavy atom. The summed E-state index contributed by atoms with van der Waals surface area (Å²) in [5.74, 6) is -0.0754. The average molecular weight is 208 g/mol. The highest BCUT2D eigenvalue weighted by atomic mass is 19.1. The van der Waals surface area contributed by atoms with Gasteiger partial charge in [0.15, 0.2) is 0 Å². The van der Waals surface area contributed by atoms with Gasteiger partial charge in [-0.1, -0.05) is 13.0 Å². The van der Waals surface area contributed by atoms with Crippen LogP contribution in [0.25, 0.3) is 0 Å². The molecule has 1 saturated heterocycles. The zero-order valence-corrected chi connectivity index (χ0v) is 9.09. The zero-order valence-electron chi connectivity index (χ0n) is 9.09. The van der Waals surface area contributed by atoms with Crippen LogP contribution in [0.4, 0.5) is 10.1 Å². The lowest BCUT2D eigenvalue weighted by atomic mass is 10.1. The van der Waals surface area contributed by atoms with Gasteiger partial charge in [0.05, 0.1) is 0 Å². The number of hydrogen-bond donors (Lipinski definition) is 1. The summed E-state index contributed by atoms with van der Waals surface area (Å²) in [4.78, 5) is 2.22. The second-order valence-electron chi connectivity index (χ2n) is 3.87. The number of hydrogen-bond acceptors (Lipinski definition) is 2. The van der Waals surface area contributed by atoms with Gasteiger partial charge in [0.25, 0.3) is 0 Å². The third-order valence-electron chi connectivity index (χ3n) is 2.90. The number of nitrogens with one attached hydrogen (secondary N) is 1. The quantitative estimate of drug-likeness (QED) is 0.797. The summed E-state index contributed by atoms with van der Waals surface area (Å²) in [6.07, 6.45) is 0.758. The molecule has 1 fully saturated rings. The van der Waals surface area contributed by atoms with Crippen molar-refractivity contribution in [1.82, 2.24) is 5.32 Å². The van der Waals surface area contributed by atoms with E-state index < -0.39 is 0 Å².